The number of cyclic esters (lactones) is 4. The van der Waals surface area contributed by atoms with Crippen LogP contribution in [0, 0.1) is 0 Å². The van der Waals surface area contributed by atoms with E-state index in [1.165, 1.54) is 6.07 Å². The predicted molar refractivity (Wildman–Crippen MR) is 71.4 cm³/mol. The molecule has 0 aliphatic carbocycles. The van der Waals surface area contributed by atoms with Gasteiger partial charge >= 0.3 is 23.9 Å². The Morgan fingerprint density at radius 3 is 1.82 bits per heavy atom. The summed E-state index contributed by atoms with van der Waals surface area (Å²) in [5, 5.41) is 0. The lowest BCUT2D eigenvalue weighted by molar-refractivity contribution is 0.0295. The Bertz CT molecular complexity index is 895. The minimum absolute atomic E-state index is 0.0537. The smallest absolute Gasteiger partial charge is 0.347 e. The maximum absolute atomic E-state index is 12.1. The molecule has 4 bridgehead atoms. The first-order valence-electron chi connectivity index (χ1n) is 6.37. The number of hydrogen-bond donors (Lipinski definition) is 0. The molecule has 106 valence electrons. The quantitative estimate of drug-likeness (QED) is 0.590. The van der Waals surface area contributed by atoms with Crippen LogP contribution in [0.3, 0.4) is 0 Å². The van der Waals surface area contributed by atoms with Crippen LogP contribution in [-0.4, -0.2) is 23.9 Å². The molecule has 4 rings (SSSR count). The van der Waals surface area contributed by atoms with Crippen LogP contribution in [-0.2, 0) is 9.47 Å². The molecule has 6 heteroatoms. The first kappa shape index (κ1) is 12.5. The van der Waals surface area contributed by atoms with Crippen LogP contribution < -0.4 is 0 Å². The zero-order valence-electron chi connectivity index (χ0n) is 10.9. The van der Waals surface area contributed by atoms with Gasteiger partial charge in [0, 0.05) is 0 Å². The Morgan fingerprint density at radius 2 is 1.14 bits per heavy atom. The fourth-order valence-electron chi connectivity index (χ4n) is 2.69. The number of ether oxygens (including phenoxy) is 2. The molecule has 0 unspecified atom stereocenters. The standard InChI is InChI=1S/C16H6O6/c17-13-9-6-8(7-4-2-1-3-5-7)10-12(16(20)21-13)11(9)15(19)22-14(10)18/h1-6H. The van der Waals surface area contributed by atoms with Crippen molar-refractivity contribution >= 4 is 23.9 Å². The van der Waals surface area contributed by atoms with Crippen LogP contribution in [0.1, 0.15) is 41.4 Å². The molecule has 0 fully saturated rings. The lowest BCUT2D eigenvalue weighted by Crippen LogP contribution is -2.34. The Morgan fingerprint density at radius 1 is 0.591 bits per heavy atom. The average Bonchev–Trinajstić information content (AvgIpc) is 2.51. The van der Waals surface area contributed by atoms with E-state index in [9.17, 15) is 19.2 Å². The Kier molecular flexibility index (Phi) is 2.33. The van der Waals surface area contributed by atoms with E-state index in [-0.39, 0.29) is 22.3 Å². The third-order valence-electron chi connectivity index (χ3n) is 3.62. The summed E-state index contributed by atoms with van der Waals surface area (Å²) in [6.07, 6.45) is 0. The number of carbonyl (C=O) groups is 4. The van der Waals surface area contributed by atoms with E-state index < -0.39 is 23.9 Å². The SMILES string of the molecule is O=C1OC(=O)c2c3c1cc(-c1ccccc1)c2C(=O)OC3=O. The van der Waals surface area contributed by atoms with Gasteiger partial charge in [0.15, 0.2) is 0 Å². The van der Waals surface area contributed by atoms with Crippen LogP contribution in [0.25, 0.3) is 11.1 Å². The monoisotopic (exact) mass is 294 g/mol. The summed E-state index contributed by atoms with van der Waals surface area (Å²) < 4.78 is 9.22. The normalized spacial score (nSPS) is 15.5. The van der Waals surface area contributed by atoms with Gasteiger partial charge in [-0.3, -0.25) is 0 Å². The van der Waals surface area contributed by atoms with E-state index in [1.807, 2.05) is 0 Å². The van der Waals surface area contributed by atoms with E-state index >= 15 is 0 Å². The molecule has 0 spiro atoms. The van der Waals surface area contributed by atoms with Crippen molar-refractivity contribution in [3.8, 4) is 11.1 Å². The van der Waals surface area contributed by atoms with Crippen molar-refractivity contribution in [3.63, 3.8) is 0 Å². The zero-order chi connectivity index (χ0) is 15.4. The van der Waals surface area contributed by atoms with Gasteiger partial charge in [0.2, 0.25) is 0 Å². The van der Waals surface area contributed by atoms with Crippen molar-refractivity contribution < 1.29 is 28.7 Å². The summed E-state index contributed by atoms with van der Waals surface area (Å²) in [6.45, 7) is 0. The number of esters is 4. The van der Waals surface area contributed by atoms with Gasteiger partial charge < -0.3 is 9.47 Å². The maximum atomic E-state index is 12.1. The first-order valence-corrected chi connectivity index (χ1v) is 6.37. The van der Waals surface area contributed by atoms with Crippen molar-refractivity contribution in [1.82, 2.24) is 0 Å². The molecule has 22 heavy (non-hydrogen) atoms. The number of rotatable bonds is 1. The molecular weight excluding hydrogens is 288 g/mol. The molecule has 0 amide bonds. The maximum Gasteiger partial charge on any atom is 0.347 e. The third kappa shape index (κ3) is 1.49. The van der Waals surface area contributed by atoms with Crippen molar-refractivity contribution in [3.05, 3.63) is 58.7 Å². The van der Waals surface area contributed by atoms with E-state index in [4.69, 9.17) is 0 Å². The van der Waals surface area contributed by atoms with Gasteiger partial charge in [-0.2, -0.15) is 0 Å². The van der Waals surface area contributed by atoms with Gasteiger partial charge in [0.05, 0.1) is 22.3 Å². The molecule has 2 aromatic carbocycles. The fraction of sp³-hybridized carbons (Fsp3) is 0. The first-order chi connectivity index (χ1) is 10.6. The Balaban J connectivity index is 2.16. The zero-order valence-corrected chi connectivity index (χ0v) is 10.9. The molecule has 0 atom stereocenters. The minimum atomic E-state index is -1.01. The highest BCUT2D eigenvalue weighted by molar-refractivity contribution is 6.27. The van der Waals surface area contributed by atoms with Crippen molar-refractivity contribution in [2.45, 2.75) is 0 Å². The molecule has 0 radical (unpaired) electrons. The summed E-state index contributed by atoms with van der Waals surface area (Å²) in [4.78, 5) is 47.7. The average molecular weight is 294 g/mol. The number of carbonyl (C=O) groups excluding carboxylic acids is 4. The van der Waals surface area contributed by atoms with Gasteiger partial charge in [-0.25, -0.2) is 19.2 Å². The summed E-state index contributed by atoms with van der Waals surface area (Å²) in [5.41, 5.74) is 0.460. The minimum Gasteiger partial charge on any atom is -0.386 e. The lowest BCUT2D eigenvalue weighted by atomic mass is 9.85. The summed E-state index contributed by atoms with van der Waals surface area (Å²) in [5.74, 6) is -3.87. The largest absolute Gasteiger partial charge is 0.386 e. The summed E-state index contributed by atoms with van der Waals surface area (Å²) in [6, 6.07) is 10.1. The van der Waals surface area contributed by atoms with Crippen LogP contribution in [0.2, 0.25) is 0 Å². The van der Waals surface area contributed by atoms with Crippen LogP contribution in [0.15, 0.2) is 36.4 Å². The van der Waals surface area contributed by atoms with Crippen molar-refractivity contribution in [2.24, 2.45) is 0 Å². The summed E-state index contributed by atoms with van der Waals surface area (Å²) >= 11 is 0. The van der Waals surface area contributed by atoms with Gasteiger partial charge in [0.25, 0.3) is 0 Å². The van der Waals surface area contributed by atoms with E-state index in [2.05, 4.69) is 9.47 Å². The van der Waals surface area contributed by atoms with Gasteiger partial charge in [0.1, 0.15) is 0 Å². The van der Waals surface area contributed by atoms with Gasteiger partial charge in [-0.1, -0.05) is 30.3 Å². The Hall–Kier alpha value is -3.28. The van der Waals surface area contributed by atoms with Gasteiger partial charge in [-0.15, -0.1) is 0 Å². The van der Waals surface area contributed by atoms with Crippen molar-refractivity contribution in [1.29, 1.82) is 0 Å². The second-order valence-electron chi connectivity index (χ2n) is 4.82. The molecule has 2 aliphatic rings. The highest BCUT2D eigenvalue weighted by Gasteiger charge is 2.44. The molecule has 0 aromatic heterocycles. The van der Waals surface area contributed by atoms with Crippen LogP contribution >= 0.6 is 0 Å². The molecular formula is C16H6O6. The predicted octanol–water partition coefficient (Wildman–Crippen LogP) is 1.97. The highest BCUT2D eigenvalue weighted by atomic mass is 16.6. The lowest BCUT2D eigenvalue weighted by Gasteiger charge is -2.25. The third-order valence-corrected chi connectivity index (χ3v) is 3.62. The molecule has 0 saturated heterocycles. The molecule has 0 saturated carbocycles. The molecule has 2 heterocycles. The van der Waals surface area contributed by atoms with Gasteiger partial charge in [-0.05, 0) is 17.2 Å². The second kappa shape index (κ2) is 4.11. The Labute approximate surface area is 123 Å². The summed E-state index contributed by atoms with van der Waals surface area (Å²) in [7, 11) is 0. The second-order valence-corrected chi connectivity index (χ2v) is 4.82. The van der Waals surface area contributed by atoms with Crippen LogP contribution in [0.4, 0.5) is 0 Å². The molecule has 2 aliphatic heterocycles. The van der Waals surface area contributed by atoms with E-state index in [1.54, 1.807) is 30.3 Å². The van der Waals surface area contributed by atoms with E-state index in [0.29, 0.717) is 11.1 Å². The molecule has 0 N–H and O–H groups in total. The molecule has 6 nitrogen and oxygen atoms in total. The van der Waals surface area contributed by atoms with Crippen molar-refractivity contribution in [2.75, 3.05) is 0 Å². The number of benzene rings is 2. The highest BCUT2D eigenvalue weighted by Crippen LogP contribution is 2.38. The molecule has 2 aromatic rings. The topological polar surface area (TPSA) is 86.7 Å². The fourth-order valence-corrected chi connectivity index (χ4v) is 2.69. The number of hydrogen-bond acceptors (Lipinski definition) is 6. The van der Waals surface area contributed by atoms with Crippen LogP contribution in [0.5, 0.6) is 0 Å². The van der Waals surface area contributed by atoms with E-state index in [0.717, 1.165) is 0 Å².